The molecule has 0 aromatic carbocycles. The van der Waals surface area contributed by atoms with Crippen LogP contribution in [0.15, 0.2) is 12.2 Å². The number of hydrogen-bond donors (Lipinski definition) is 1. The van der Waals surface area contributed by atoms with E-state index >= 15 is 0 Å². The fourth-order valence-electron chi connectivity index (χ4n) is 3.26. The van der Waals surface area contributed by atoms with Crippen molar-refractivity contribution in [2.75, 3.05) is 26.2 Å². The van der Waals surface area contributed by atoms with E-state index in [0.29, 0.717) is 0 Å². The topological polar surface area (TPSA) is 15.3 Å². The molecule has 2 heteroatoms. The summed E-state index contributed by atoms with van der Waals surface area (Å²) in [6, 6.07) is 0.773. The fourth-order valence-corrected chi connectivity index (χ4v) is 3.26. The summed E-state index contributed by atoms with van der Waals surface area (Å²) in [4.78, 5) is 2.71. The number of likely N-dealkylation sites (tertiary alicyclic amines) is 1. The average molecular weight is 192 g/mol. The lowest BCUT2D eigenvalue weighted by atomic mass is 10.0. The predicted octanol–water partition coefficient (Wildman–Crippen LogP) is 1.25. The minimum absolute atomic E-state index is 0.773. The van der Waals surface area contributed by atoms with Crippen molar-refractivity contribution >= 4 is 0 Å². The first-order chi connectivity index (χ1) is 6.93. The number of allylic oxidation sites excluding steroid dienone is 1. The summed E-state index contributed by atoms with van der Waals surface area (Å²) in [6.45, 7) is 5.20. The summed E-state index contributed by atoms with van der Waals surface area (Å²) < 4.78 is 0. The van der Waals surface area contributed by atoms with Crippen LogP contribution in [0.2, 0.25) is 0 Å². The highest BCUT2D eigenvalue weighted by Crippen LogP contribution is 2.30. The summed E-state index contributed by atoms with van der Waals surface area (Å²) >= 11 is 0. The lowest BCUT2D eigenvalue weighted by Gasteiger charge is -2.28. The minimum atomic E-state index is 0.773. The zero-order chi connectivity index (χ0) is 9.38. The van der Waals surface area contributed by atoms with Crippen molar-refractivity contribution in [1.29, 1.82) is 0 Å². The fraction of sp³-hybridized carbons (Fsp3) is 0.833. The maximum absolute atomic E-state index is 3.50. The molecule has 2 heterocycles. The Bertz CT molecular complexity index is 224. The maximum Gasteiger partial charge on any atom is 0.0278 e. The molecule has 78 valence electrons. The largest absolute Gasteiger partial charge is 0.316 e. The molecule has 2 nitrogen and oxygen atoms in total. The van der Waals surface area contributed by atoms with E-state index in [4.69, 9.17) is 0 Å². The first kappa shape index (κ1) is 8.93. The predicted molar refractivity (Wildman–Crippen MR) is 58.2 cm³/mol. The molecule has 0 bridgehead atoms. The Morgan fingerprint density at radius 2 is 1.93 bits per heavy atom. The second kappa shape index (κ2) is 3.67. The summed E-state index contributed by atoms with van der Waals surface area (Å²) in [6.07, 6.45) is 8.91. The van der Waals surface area contributed by atoms with Gasteiger partial charge in [-0.3, -0.25) is 4.90 Å². The molecule has 0 spiro atoms. The summed E-state index contributed by atoms with van der Waals surface area (Å²) in [5.74, 6) is 1.90. The van der Waals surface area contributed by atoms with Crippen LogP contribution in [-0.2, 0) is 0 Å². The molecule has 3 rings (SSSR count). The van der Waals surface area contributed by atoms with E-state index in [2.05, 4.69) is 22.4 Å². The number of rotatable bonds is 1. The lowest BCUT2D eigenvalue weighted by Crippen LogP contribution is -2.35. The van der Waals surface area contributed by atoms with Gasteiger partial charge in [-0.2, -0.15) is 0 Å². The standard InChI is InChI=1S/C12H20N2/c1-2-4-12(5-3-1)14-8-10-6-13-7-11(10)9-14/h2,4,10-13H,1,3,5-9H2/t10-,11+,12?. The average Bonchev–Trinajstić information content (AvgIpc) is 2.78. The third kappa shape index (κ3) is 1.51. The smallest absolute Gasteiger partial charge is 0.0278 e. The Balaban J connectivity index is 1.64. The van der Waals surface area contributed by atoms with Gasteiger partial charge in [0, 0.05) is 19.1 Å². The Hall–Kier alpha value is -0.340. The van der Waals surface area contributed by atoms with Gasteiger partial charge in [0.1, 0.15) is 0 Å². The second-order valence-corrected chi connectivity index (χ2v) is 5.06. The van der Waals surface area contributed by atoms with Gasteiger partial charge in [0.15, 0.2) is 0 Å². The molecule has 14 heavy (non-hydrogen) atoms. The molecule has 0 aromatic heterocycles. The van der Waals surface area contributed by atoms with Gasteiger partial charge in [-0.25, -0.2) is 0 Å². The van der Waals surface area contributed by atoms with Gasteiger partial charge in [0.25, 0.3) is 0 Å². The first-order valence-corrected chi connectivity index (χ1v) is 6.05. The zero-order valence-electron chi connectivity index (χ0n) is 8.78. The van der Waals surface area contributed by atoms with Gasteiger partial charge in [0.2, 0.25) is 0 Å². The van der Waals surface area contributed by atoms with Crippen molar-refractivity contribution in [3.8, 4) is 0 Å². The van der Waals surface area contributed by atoms with Crippen molar-refractivity contribution in [3.63, 3.8) is 0 Å². The van der Waals surface area contributed by atoms with Crippen LogP contribution in [-0.4, -0.2) is 37.1 Å². The quantitative estimate of drug-likeness (QED) is 0.629. The van der Waals surface area contributed by atoms with Gasteiger partial charge < -0.3 is 5.32 Å². The molecule has 0 aromatic rings. The maximum atomic E-state index is 3.50. The molecule has 3 atom stereocenters. The molecule has 2 fully saturated rings. The third-order valence-electron chi connectivity index (χ3n) is 4.12. The van der Waals surface area contributed by atoms with Crippen molar-refractivity contribution < 1.29 is 0 Å². The Labute approximate surface area is 86.4 Å². The second-order valence-electron chi connectivity index (χ2n) is 5.06. The van der Waals surface area contributed by atoms with Crippen LogP contribution < -0.4 is 5.32 Å². The molecule has 0 amide bonds. The van der Waals surface area contributed by atoms with Crippen LogP contribution in [0.5, 0.6) is 0 Å². The van der Waals surface area contributed by atoms with Crippen LogP contribution in [0.1, 0.15) is 19.3 Å². The minimum Gasteiger partial charge on any atom is -0.316 e. The molecule has 0 radical (unpaired) electrons. The Kier molecular flexibility index (Phi) is 2.34. The number of hydrogen-bond acceptors (Lipinski definition) is 2. The normalized spacial score (nSPS) is 43.0. The molecule has 2 aliphatic heterocycles. The van der Waals surface area contributed by atoms with E-state index in [0.717, 1.165) is 17.9 Å². The SMILES string of the molecule is C1=CC(N2C[C@H]3CNC[C@H]3C2)CCC1. The molecule has 3 aliphatic rings. The van der Waals surface area contributed by atoms with Crippen LogP contribution in [0.3, 0.4) is 0 Å². The van der Waals surface area contributed by atoms with Gasteiger partial charge in [0.05, 0.1) is 0 Å². The van der Waals surface area contributed by atoms with Crippen LogP contribution in [0.25, 0.3) is 0 Å². The highest BCUT2D eigenvalue weighted by molar-refractivity contribution is 5.02. The molecular weight excluding hydrogens is 172 g/mol. The van der Waals surface area contributed by atoms with Gasteiger partial charge in [-0.1, -0.05) is 12.2 Å². The summed E-state index contributed by atoms with van der Waals surface area (Å²) in [5, 5.41) is 3.50. The number of nitrogens with one attached hydrogen (secondary N) is 1. The number of nitrogens with zero attached hydrogens (tertiary/aromatic N) is 1. The molecule has 2 saturated heterocycles. The van der Waals surface area contributed by atoms with E-state index in [-0.39, 0.29) is 0 Å². The van der Waals surface area contributed by atoms with Gasteiger partial charge in [-0.15, -0.1) is 0 Å². The Morgan fingerprint density at radius 3 is 2.57 bits per heavy atom. The molecule has 0 saturated carbocycles. The van der Waals surface area contributed by atoms with E-state index in [1.165, 1.54) is 45.4 Å². The number of fused-ring (bicyclic) bond motifs is 1. The summed E-state index contributed by atoms with van der Waals surface area (Å²) in [5.41, 5.74) is 0. The zero-order valence-corrected chi connectivity index (χ0v) is 8.78. The van der Waals surface area contributed by atoms with Crippen LogP contribution in [0.4, 0.5) is 0 Å². The third-order valence-corrected chi connectivity index (χ3v) is 4.12. The van der Waals surface area contributed by atoms with Crippen molar-refractivity contribution in [3.05, 3.63) is 12.2 Å². The van der Waals surface area contributed by atoms with Crippen molar-refractivity contribution in [2.24, 2.45) is 11.8 Å². The first-order valence-electron chi connectivity index (χ1n) is 6.05. The molecular formula is C12H20N2. The van der Waals surface area contributed by atoms with E-state index in [1.54, 1.807) is 0 Å². The molecule has 1 N–H and O–H groups in total. The highest BCUT2D eigenvalue weighted by Gasteiger charge is 2.38. The Morgan fingerprint density at radius 1 is 1.14 bits per heavy atom. The lowest BCUT2D eigenvalue weighted by molar-refractivity contribution is 0.245. The van der Waals surface area contributed by atoms with Crippen molar-refractivity contribution in [1.82, 2.24) is 10.2 Å². The van der Waals surface area contributed by atoms with E-state index in [9.17, 15) is 0 Å². The highest BCUT2D eigenvalue weighted by atomic mass is 15.2. The monoisotopic (exact) mass is 192 g/mol. The van der Waals surface area contributed by atoms with Gasteiger partial charge >= 0.3 is 0 Å². The molecule has 1 aliphatic carbocycles. The van der Waals surface area contributed by atoms with E-state index < -0.39 is 0 Å². The summed E-state index contributed by atoms with van der Waals surface area (Å²) in [7, 11) is 0. The van der Waals surface area contributed by atoms with Gasteiger partial charge in [-0.05, 0) is 44.2 Å². The van der Waals surface area contributed by atoms with Crippen LogP contribution >= 0.6 is 0 Å². The van der Waals surface area contributed by atoms with E-state index in [1.807, 2.05) is 0 Å². The molecule has 1 unspecified atom stereocenters. The van der Waals surface area contributed by atoms with Crippen LogP contribution in [0, 0.1) is 11.8 Å². The van der Waals surface area contributed by atoms with Crippen molar-refractivity contribution in [2.45, 2.75) is 25.3 Å².